The molecule has 0 aliphatic heterocycles. The number of benzene rings is 1. The topological polar surface area (TPSA) is 30.7 Å². The number of hydrogen-bond donors (Lipinski definition) is 0. The maximum atomic E-state index is 12.5. The zero-order valence-corrected chi connectivity index (χ0v) is 11.5. The molecule has 0 aliphatic carbocycles. The molecule has 0 radical (unpaired) electrons. The van der Waals surface area contributed by atoms with Crippen LogP contribution in [0.25, 0.3) is 5.69 Å². The van der Waals surface area contributed by atoms with Crippen molar-refractivity contribution in [3.05, 3.63) is 36.0 Å². The largest absolute Gasteiger partial charge is 0.263 e. The molecule has 0 unspecified atom stereocenters. The lowest BCUT2D eigenvalue weighted by atomic mass is 10.2. The number of nitrogens with zero attached hydrogens (tertiary/aromatic N) is 3. The van der Waals surface area contributed by atoms with E-state index in [1.165, 1.54) is 28.9 Å². The van der Waals surface area contributed by atoms with Gasteiger partial charge in [0, 0.05) is 11.7 Å². The lowest BCUT2D eigenvalue weighted by Crippen LogP contribution is -2.38. The molecule has 1 aromatic heterocycles. The second kappa shape index (κ2) is 4.60. The van der Waals surface area contributed by atoms with Crippen molar-refractivity contribution in [2.24, 2.45) is 0 Å². The van der Waals surface area contributed by atoms with Crippen molar-refractivity contribution in [2.45, 2.75) is 26.1 Å². The maximum absolute atomic E-state index is 12.5. The molecule has 18 heavy (non-hydrogen) atoms. The summed E-state index contributed by atoms with van der Waals surface area (Å²) in [6.07, 6.45) is -2.25. The fourth-order valence-electron chi connectivity index (χ4n) is 1.43. The molecule has 2 rings (SSSR count). The van der Waals surface area contributed by atoms with E-state index in [0.29, 0.717) is 11.0 Å². The highest BCUT2D eigenvalue weighted by Crippen LogP contribution is 2.19. The summed E-state index contributed by atoms with van der Waals surface area (Å²) in [5.41, 5.74) is 0.534. The van der Waals surface area contributed by atoms with Gasteiger partial charge >= 0.3 is 0 Å². The Balaban J connectivity index is 2.40. The Morgan fingerprint density at radius 1 is 1.22 bits per heavy atom. The molecule has 0 N–H and O–H groups in total. The summed E-state index contributed by atoms with van der Waals surface area (Å²) in [7, 11) is -1.72. The molecule has 1 heterocycles. The van der Waals surface area contributed by atoms with E-state index < -0.39 is 14.5 Å². The van der Waals surface area contributed by atoms with E-state index in [1.54, 1.807) is 0 Å². The summed E-state index contributed by atoms with van der Waals surface area (Å²) in [4.78, 5) is 0. The minimum atomic E-state index is -2.49. The summed E-state index contributed by atoms with van der Waals surface area (Å²) < 4.78 is 34.4. The standard InChI is InChI=1S/C12H15F2N3Si/c1-18(2,3)11-8-17(16-15-11)10-6-4-9(5-7-10)12(13)14/h4-8,12H,1-3H3/i8D. The van der Waals surface area contributed by atoms with Gasteiger partial charge in [0.25, 0.3) is 6.43 Å². The van der Waals surface area contributed by atoms with Gasteiger partial charge in [0.1, 0.15) is 8.07 Å². The van der Waals surface area contributed by atoms with Gasteiger partial charge in [0.2, 0.25) is 0 Å². The van der Waals surface area contributed by atoms with Gasteiger partial charge in [-0.1, -0.05) is 37.0 Å². The molecule has 6 heteroatoms. The van der Waals surface area contributed by atoms with Gasteiger partial charge < -0.3 is 0 Å². The van der Waals surface area contributed by atoms with Gasteiger partial charge in [-0.3, -0.25) is 0 Å². The van der Waals surface area contributed by atoms with Gasteiger partial charge in [-0.2, -0.15) is 0 Å². The van der Waals surface area contributed by atoms with Crippen molar-refractivity contribution in [1.82, 2.24) is 15.0 Å². The van der Waals surface area contributed by atoms with Crippen LogP contribution in [0.4, 0.5) is 8.78 Å². The molecular weight excluding hydrogens is 252 g/mol. The van der Waals surface area contributed by atoms with Gasteiger partial charge in [-0.05, 0) is 12.1 Å². The second-order valence-electron chi connectivity index (χ2n) is 5.10. The van der Waals surface area contributed by atoms with Crippen LogP contribution in [0.5, 0.6) is 0 Å². The first-order chi connectivity index (χ1) is 8.80. The summed E-state index contributed by atoms with van der Waals surface area (Å²) >= 11 is 0. The SMILES string of the molecule is [2H]c1c([Si](C)(C)C)nnn1-c1ccc(C(F)F)cc1. The highest BCUT2D eigenvalue weighted by atomic mass is 28.3. The number of rotatable bonds is 3. The molecule has 0 saturated heterocycles. The Bertz CT molecular complexity index is 576. The van der Waals surface area contributed by atoms with Crippen LogP contribution in [0.1, 0.15) is 13.4 Å². The molecule has 0 fully saturated rings. The molecular formula is C12H15F2N3Si. The zero-order valence-electron chi connectivity index (χ0n) is 11.5. The molecule has 0 aliphatic rings. The summed E-state index contributed by atoms with van der Waals surface area (Å²) in [6, 6.07) is 5.75. The Hall–Kier alpha value is -1.56. The average molecular weight is 268 g/mol. The second-order valence-corrected chi connectivity index (χ2v) is 10.1. The zero-order chi connectivity index (χ0) is 14.2. The monoisotopic (exact) mass is 268 g/mol. The first-order valence-electron chi connectivity index (χ1n) is 6.12. The minimum absolute atomic E-state index is 0.0409. The maximum Gasteiger partial charge on any atom is 0.263 e. The van der Waals surface area contributed by atoms with E-state index in [0.717, 1.165) is 0 Å². The number of hydrogen-bond acceptors (Lipinski definition) is 2. The first-order valence-corrected chi connectivity index (χ1v) is 9.12. The van der Waals surface area contributed by atoms with Crippen LogP contribution >= 0.6 is 0 Å². The van der Waals surface area contributed by atoms with Gasteiger partial charge in [-0.25, -0.2) is 13.5 Å². The molecule has 0 atom stereocenters. The fraction of sp³-hybridized carbons (Fsp3) is 0.333. The predicted molar refractivity (Wildman–Crippen MR) is 69.3 cm³/mol. The van der Waals surface area contributed by atoms with E-state index in [1.807, 2.05) is 0 Å². The van der Waals surface area contributed by atoms with Crippen LogP contribution in [-0.2, 0) is 0 Å². The third-order valence-electron chi connectivity index (χ3n) is 2.55. The summed E-state index contributed by atoms with van der Waals surface area (Å²) in [5.74, 6) is 0. The van der Waals surface area contributed by atoms with E-state index in [4.69, 9.17) is 1.37 Å². The molecule has 2 aromatic rings. The smallest absolute Gasteiger partial charge is 0.221 e. The lowest BCUT2D eigenvalue weighted by molar-refractivity contribution is 0.151. The van der Waals surface area contributed by atoms with Crippen molar-refractivity contribution < 1.29 is 10.2 Å². The Morgan fingerprint density at radius 2 is 1.83 bits per heavy atom. The van der Waals surface area contributed by atoms with Crippen molar-refractivity contribution in [1.29, 1.82) is 0 Å². The van der Waals surface area contributed by atoms with Gasteiger partial charge in [0.05, 0.1) is 12.4 Å². The summed E-state index contributed by atoms with van der Waals surface area (Å²) in [5, 5.41) is 8.73. The van der Waals surface area contributed by atoms with Crippen LogP contribution in [0.2, 0.25) is 19.6 Å². The van der Waals surface area contributed by atoms with E-state index in [2.05, 4.69) is 30.0 Å². The molecule has 0 saturated carbocycles. The minimum Gasteiger partial charge on any atom is -0.221 e. The Labute approximate surface area is 107 Å². The van der Waals surface area contributed by atoms with E-state index in [-0.39, 0.29) is 11.7 Å². The molecule has 0 bridgehead atoms. The number of halogens is 2. The van der Waals surface area contributed by atoms with Crippen LogP contribution < -0.4 is 5.32 Å². The Kier molecular flexibility index (Phi) is 2.95. The predicted octanol–water partition coefficient (Wildman–Crippen LogP) is 2.75. The first kappa shape index (κ1) is 11.5. The highest BCUT2D eigenvalue weighted by molar-refractivity contribution is 6.88. The van der Waals surface area contributed by atoms with E-state index >= 15 is 0 Å². The van der Waals surface area contributed by atoms with Gasteiger partial charge in [0.15, 0.2) is 0 Å². The van der Waals surface area contributed by atoms with Crippen molar-refractivity contribution in [2.75, 3.05) is 0 Å². The van der Waals surface area contributed by atoms with Crippen molar-refractivity contribution in [3.63, 3.8) is 0 Å². The number of aromatic nitrogens is 3. The molecule has 1 aromatic carbocycles. The average Bonchev–Trinajstić information content (AvgIpc) is 2.71. The fourth-order valence-corrected chi connectivity index (χ4v) is 2.22. The number of alkyl halides is 2. The third-order valence-corrected chi connectivity index (χ3v) is 4.18. The molecule has 3 nitrogen and oxygen atoms in total. The van der Waals surface area contributed by atoms with E-state index in [9.17, 15) is 8.78 Å². The van der Waals surface area contributed by atoms with Crippen LogP contribution in [-0.4, -0.2) is 23.1 Å². The lowest BCUT2D eigenvalue weighted by Gasteiger charge is -2.09. The van der Waals surface area contributed by atoms with Crippen LogP contribution in [0, 0.1) is 0 Å². The third kappa shape index (κ3) is 2.64. The van der Waals surface area contributed by atoms with Crippen molar-refractivity contribution in [3.8, 4) is 5.69 Å². The van der Waals surface area contributed by atoms with Crippen LogP contribution in [0.15, 0.2) is 30.4 Å². The Morgan fingerprint density at radius 3 is 2.28 bits per heavy atom. The normalized spacial score (nSPS) is 12.9. The van der Waals surface area contributed by atoms with Gasteiger partial charge in [-0.15, -0.1) is 5.10 Å². The highest BCUT2D eigenvalue weighted by Gasteiger charge is 2.20. The molecule has 96 valence electrons. The summed E-state index contributed by atoms with van der Waals surface area (Å²) in [6.45, 7) is 6.25. The molecule has 0 amide bonds. The van der Waals surface area contributed by atoms with Crippen LogP contribution in [0.3, 0.4) is 0 Å². The quantitative estimate of drug-likeness (QED) is 0.801. The molecule has 0 spiro atoms. The van der Waals surface area contributed by atoms with Crippen molar-refractivity contribution >= 4 is 13.4 Å².